The lowest BCUT2D eigenvalue weighted by molar-refractivity contribution is -0.0533. The Labute approximate surface area is 249 Å². The van der Waals surface area contributed by atoms with Gasteiger partial charge in [0.05, 0.1) is 17.0 Å². The van der Waals surface area contributed by atoms with Gasteiger partial charge in [-0.05, 0) is 64.3 Å². The van der Waals surface area contributed by atoms with Gasteiger partial charge < -0.3 is 9.47 Å². The molecule has 4 aromatic rings. The standard InChI is InChI=1S/C38H40O4/c1-23(2)27-16-9-13-21-32(27)37(39)41-35-26(6)30-19-11-12-20-31(30)34(29-18-8-7-15-25(29)5)36(35)42-38(40)33-22-14-10-17-28(33)24(3)4/h7-24,26,34-36H,1-6H3/t26-,34-,35?,36?/m0/s1. The van der Waals surface area contributed by atoms with Crippen LogP contribution in [-0.2, 0) is 9.47 Å². The molecule has 4 nitrogen and oxygen atoms in total. The van der Waals surface area contributed by atoms with Crippen molar-refractivity contribution in [2.75, 3.05) is 0 Å². The lowest BCUT2D eigenvalue weighted by Crippen LogP contribution is -2.47. The first kappa shape index (κ1) is 29.3. The summed E-state index contributed by atoms with van der Waals surface area (Å²) in [6.45, 7) is 12.4. The highest BCUT2D eigenvalue weighted by Gasteiger charge is 2.47. The fourth-order valence-electron chi connectivity index (χ4n) is 6.37. The number of carbonyl (C=O) groups is 2. The Morgan fingerprint density at radius 2 is 1.00 bits per heavy atom. The highest BCUT2D eigenvalue weighted by atomic mass is 16.6. The van der Waals surface area contributed by atoms with E-state index in [1.807, 2.05) is 72.8 Å². The van der Waals surface area contributed by atoms with Gasteiger partial charge in [0.1, 0.15) is 6.10 Å². The molecule has 42 heavy (non-hydrogen) atoms. The quantitative estimate of drug-likeness (QED) is 0.212. The van der Waals surface area contributed by atoms with Crippen LogP contribution in [-0.4, -0.2) is 24.1 Å². The molecule has 4 aromatic carbocycles. The molecule has 0 fully saturated rings. The molecular weight excluding hydrogens is 520 g/mol. The topological polar surface area (TPSA) is 52.6 Å². The Hall–Kier alpha value is -4.18. The molecular formula is C38H40O4. The Kier molecular flexibility index (Phi) is 8.63. The van der Waals surface area contributed by atoms with Gasteiger partial charge in [0.2, 0.25) is 0 Å². The third-order valence-electron chi connectivity index (χ3n) is 8.58. The fourth-order valence-corrected chi connectivity index (χ4v) is 6.37. The normalized spacial score (nSPS) is 19.8. The Morgan fingerprint density at radius 1 is 0.571 bits per heavy atom. The van der Waals surface area contributed by atoms with Gasteiger partial charge in [-0.1, -0.05) is 120 Å². The summed E-state index contributed by atoms with van der Waals surface area (Å²) in [5, 5.41) is 0. The molecule has 0 aliphatic heterocycles. The minimum absolute atomic E-state index is 0.146. The van der Waals surface area contributed by atoms with Crippen molar-refractivity contribution in [2.24, 2.45) is 0 Å². The maximum atomic E-state index is 14.0. The molecule has 0 N–H and O–H groups in total. The number of carbonyl (C=O) groups excluding carboxylic acids is 2. The maximum Gasteiger partial charge on any atom is 0.338 e. The van der Waals surface area contributed by atoms with Crippen LogP contribution in [0.15, 0.2) is 97.1 Å². The average Bonchev–Trinajstić information content (AvgIpc) is 2.99. The van der Waals surface area contributed by atoms with Crippen molar-refractivity contribution < 1.29 is 19.1 Å². The van der Waals surface area contributed by atoms with Gasteiger partial charge in [0, 0.05) is 5.92 Å². The molecule has 4 atom stereocenters. The molecule has 0 aromatic heterocycles. The predicted octanol–water partition coefficient (Wildman–Crippen LogP) is 8.94. The largest absolute Gasteiger partial charge is 0.454 e. The molecule has 2 unspecified atom stereocenters. The molecule has 0 saturated carbocycles. The second kappa shape index (κ2) is 12.4. The monoisotopic (exact) mass is 560 g/mol. The molecule has 5 rings (SSSR count). The third kappa shape index (κ3) is 5.63. The Balaban J connectivity index is 1.64. The number of esters is 2. The molecule has 0 spiro atoms. The number of ether oxygens (including phenoxy) is 2. The van der Waals surface area contributed by atoms with Crippen molar-refractivity contribution in [1.29, 1.82) is 0 Å². The minimum atomic E-state index is -0.737. The van der Waals surface area contributed by atoms with E-state index >= 15 is 0 Å². The SMILES string of the molecule is Cc1ccccc1[C@H]1c2ccccc2[C@H](C)C(OC(=O)c2ccccc2C(C)C)C1OC(=O)c1ccccc1C(C)C. The zero-order valence-electron chi connectivity index (χ0n) is 25.3. The van der Waals surface area contributed by atoms with E-state index in [1.165, 1.54) is 0 Å². The van der Waals surface area contributed by atoms with Gasteiger partial charge >= 0.3 is 11.9 Å². The fraction of sp³-hybridized carbons (Fsp3) is 0.316. The Bertz CT molecular complexity index is 1580. The van der Waals surface area contributed by atoms with Crippen LogP contribution in [0.5, 0.6) is 0 Å². The summed E-state index contributed by atoms with van der Waals surface area (Å²) >= 11 is 0. The second-order valence-corrected chi connectivity index (χ2v) is 12.0. The van der Waals surface area contributed by atoms with Crippen LogP contribution in [0.2, 0.25) is 0 Å². The van der Waals surface area contributed by atoms with Crippen LogP contribution in [0.1, 0.15) is 112 Å². The summed E-state index contributed by atoms with van der Waals surface area (Å²) in [5.74, 6) is -1.02. The second-order valence-electron chi connectivity index (χ2n) is 12.0. The smallest absolute Gasteiger partial charge is 0.338 e. The van der Waals surface area contributed by atoms with E-state index < -0.39 is 24.1 Å². The van der Waals surface area contributed by atoms with Crippen LogP contribution in [0.4, 0.5) is 0 Å². The number of fused-ring (bicyclic) bond motifs is 1. The minimum Gasteiger partial charge on any atom is -0.454 e. The van der Waals surface area contributed by atoms with Gasteiger partial charge in [0.15, 0.2) is 6.10 Å². The van der Waals surface area contributed by atoms with E-state index in [4.69, 9.17) is 9.47 Å². The number of aryl methyl sites for hydroxylation is 1. The summed E-state index contributed by atoms with van der Waals surface area (Å²) in [5.41, 5.74) is 7.26. The van der Waals surface area contributed by atoms with Gasteiger partial charge in [-0.25, -0.2) is 9.59 Å². The average molecular weight is 561 g/mol. The number of benzene rings is 4. The summed E-state index contributed by atoms with van der Waals surface area (Å²) in [6.07, 6.45) is -1.44. The predicted molar refractivity (Wildman–Crippen MR) is 167 cm³/mol. The first-order chi connectivity index (χ1) is 20.2. The van der Waals surface area contributed by atoms with Crippen molar-refractivity contribution in [2.45, 2.75) is 77.4 Å². The molecule has 0 heterocycles. The van der Waals surface area contributed by atoms with E-state index in [9.17, 15) is 9.59 Å². The van der Waals surface area contributed by atoms with Crippen molar-refractivity contribution in [1.82, 2.24) is 0 Å². The molecule has 4 heteroatoms. The molecule has 0 amide bonds. The summed E-state index contributed by atoms with van der Waals surface area (Å²) in [4.78, 5) is 27.9. The van der Waals surface area contributed by atoms with E-state index in [0.717, 1.165) is 33.4 Å². The lowest BCUT2D eigenvalue weighted by atomic mass is 9.70. The third-order valence-corrected chi connectivity index (χ3v) is 8.58. The highest BCUT2D eigenvalue weighted by Crippen LogP contribution is 2.46. The van der Waals surface area contributed by atoms with Crippen LogP contribution in [0.3, 0.4) is 0 Å². The number of hydrogen-bond donors (Lipinski definition) is 0. The van der Waals surface area contributed by atoms with Crippen LogP contribution < -0.4 is 0 Å². The first-order valence-electron chi connectivity index (χ1n) is 14.9. The number of rotatable bonds is 7. The van der Waals surface area contributed by atoms with Crippen molar-refractivity contribution in [3.8, 4) is 0 Å². The van der Waals surface area contributed by atoms with E-state index in [1.54, 1.807) is 0 Å². The summed E-state index contributed by atoms with van der Waals surface area (Å²) in [7, 11) is 0. The summed E-state index contributed by atoms with van der Waals surface area (Å²) in [6, 6.07) is 31.6. The number of hydrogen-bond acceptors (Lipinski definition) is 4. The van der Waals surface area contributed by atoms with E-state index in [-0.39, 0.29) is 23.7 Å². The zero-order chi connectivity index (χ0) is 30.0. The molecule has 0 saturated heterocycles. The van der Waals surface area contributed by atoms with E-state index in [2.05, 4.69) is 65.8 Å². The first-order valence-corrected chi connectivity index (χ1v) is 14.9. The lowest BCUT2D eigenvalue weighted by Gasteiger charge is -2.42. The Morgan fingerprint density at radius 3 is 1.52 bits per heavy atom. The molecule has 216 valence electrons. The van der Waals surface area contributed by atoms with Crippen molar-refractivity contribution >= 4 is 11.9 Å². The zero-order valence-corrected chi connectivity index (χ0v) is 25.3. The van der Waals surface area contributed by atoms with Crippen molar-refractivity contribution in [3.05, 3.63) is 142 Å². The van der Waals surface area contributed by atoms with Gasteiger partial charge in [-0.2, -0.15) is 0 Å². The molecule has 0 bridgehead atoms. The van der Waals surface area contributed by atoms with Gasteiger partial charge in [-0.3, -0.25) is 0 Å². The maximum absolute atomic E-state index is 14.0. The highest BCUT2D eigenvalue weighted by molar-refractivity contribution is 5.92. The summed E-state index contributed by atoms with van der Waals surface area (Å²) < 4.78 is 13.0. The van der Waals surface area contributed by atoms with Crippen LogP contribution >= 0.6 is 0 Å². The molecule has 1 aliphatic rings. The van der Waals surface area contributed by atoms with Crippen LogP contribution in [0.25, 0.3) is 0 Å². The molecule has 1 aliphatic carbocycles. The van der Waals surface area contributed by atoms with E-state index in [0.29, 0.717) is 11.1 Å². The van der Waals surface area contributed by atoms with Gasteiger partial charge in [-0.15, -0.1) is 0 Å². The van der Waals surface area contributed by atoms with Gasteiger partial charge in [0.25, 0.3) is 0 Å². The van der Waals surface area contributed by atoms with Crippen molar-refractivity contribution in [3.63, 3.8) is 0 Å². The molecule has 0 radical (unpaired) electrons. The van der Waals surface area contributed by atoms with Crippen LogP contribution in [0, 0.1) is 6.92 Å².